The highest BCUT2D eigenvalue weighted by molar-refractivity contribution is 6.00. The smallest absolute Gasteiger partial charge is 0.323 e. The maximum atomic E-state index is 12.8. The second kappa shape index (κ2) is 9.70. The van der Waals surface area contributed by atoms with Gasteiger partial charge in [0, 0.05) is 36.6 Å². The Kier molecular flexibility index (Phi) is 6.30. The molecule has 2 amide bonds. The number of H-pyrrole nitrogens is 1. The minimum atomic E-state index is -0.716. The van der Waals surface area contributed by atoms with E-state index in [4.69, 9.17) is 0 Å². The number of rotatable bonds is 5. The zero-order valence-corrected chi connectivity index (χ0v) is 20.5. The first-order chi connectivity index (χ1) is 17.4. The number of carbonyl (C=O) groups is 1. The Morgan fingerprint density at radius 3 is 2.86 bits per heavy atom. The van der Waals surface area contributed by atoms with Crippen molar-refractivity contribution in [2.24, 2.45) is 0 Å². The summed E-state index contributed by atoms with van der Waals surface area (Å²) in [5.41, 5.74) is 3.45. The molecule has 8 nitrogen and oxygen atoms in total. The van der Waals surface area contributed by atoms with Crippen LogP contribution in [-0.2, 0) is 5.41 Å². The molecule has 3 N–H and O–H groups in total. The predicted molar refractivity (Wildman–Crippen MR) is 142 cm³/mol. The Morgan fingerprint density at radius 2 is 2.00 bits per heavy atom. The molecule has 1 saturated heterocycles. The van der Waals surface area contributed by atoms with Crippen molar-refractivity contribution in [3.63, 3.8) is 0 Å². The highest BCUT2D eigenvalue weighted by atomic mass is 16.2. The molecule has 1 aliphatic rings. The second-order valence-corrected chi connectivity index (χ2v) is 9.71. The number of benzene rings is 2. The van der Waals surface area contributed by atoms with Gasteiger partial charge in [0.25, 0.3) is 0 Å². The SMILES string of the molecule is CC(C)(C#N)c1ccccc1NC(=O)Nc1cccc(C2CCCN(c3ncnc4[nH]ccc34)C2)c1. The number of hydrogen-bond donors (Lipinski definition) is 3. The van der Waals surface area contributed by atoms with Crippen LogP contribution in [0.3, 0.4) is 0 Å². The summed E-state index contributed by atoms with van der Waals surface area (Å²) in [6, 6.07) is 19.4. The van der Waals surface area contributed by atoms with Gasteiger partial charge in [0.15, 0.2) is 0 Å². The molecular formula is C28H29N7O. The Balaban J connectivity index is 1.30. The van der Waals surface area contributed by atoms with Crippen molar-refractivity contribution in [2.45, 2.75) is 38.0 Å². The van der Waals surface area contributed by atoms with E-state index in [1.54, 1.807) is 6.33 Å². The normalized spacial score (nSPS) is 15.9. The number of aromatic nitrogens is 3. The number of aromatic amines is 1. The number of anilines is 3. The van der Waals surface area contributed by atoms with E-state index in [1.165, 1.54) is 5.56 Å². The molecule has 1 aliphatic heterocycles. The van der Waals surface area contributed by atoms with Crippen molar-refractivity contribution in [1.82, 2.24) is 15.0 Å². The van der Waals surface area contributed by atoms with Crippen LogP contribution in [0.5, 0.6) is 0 Å². The lowest BCUT2D eigenvalue weighted by Crippen LogP contribution is -2.35. The standard InChI is InChI=1S/C28H29N7O/c1-28(2,17-29)23-10-3-4-11-24(23)34-27(36)33-21-9-5-7-19(15-21)20-8-6-14-35(16-20)26-22-12-13-30-25(22)31-18-32-26/h3-5,7,9-13,15,18,20H,6,8,14,16H2,1-2H3,(H,30,31,32)(H2,33,34,36). The van der Waals surface area contributed by atoms with Gasteiger partial charge in [-0.1, -0.05) is 30.3 Å². The molecule has 0 saturated carbocycles. The van der Waals surface area contributed by atoms with Crippen LogP contribution < -0.4 is 15.5 Å². The van der Waals surface area contributed by atoms with Crippen LogP contribution in [0.4, 0.5) is 22.0 Å². The Labute approximate surface area is 210 Å². The summed E-state index contributed by atoms with van der Waals surface area (Å²) in [7, 11) is 0. The number of fused-ring (bicyclic) bond motifs is 1. The molecule has 182 valence electrons. The fourth-order valence-corrected chi connectivity index (χ4v) is 4.90. The molecule has 0 bridgehead atoms. The van der Waals surface area contributed by atoms with E-state index >= 15 is 0 Å². The largest absolute Gasteiger partial charge is 0.355 e. The number of para-hydroxylation sites is 1. The average Bonchev–Trinajstić information content (AvgIpc) is 3.38. The second-order valence-electron chi connectivity index (χ2n) is 9.71. The lowest BCUT2D eigenvalue weighted by molar-refractivity contribution is 0.262. The fourth-order valence-electron chi connectivity index (χ4n) is 4.90. The molecule has 3 heterocycles. The molecule has 0 radical (unpaired) electrons. The highest BCUT2D eigenvalue weighted by Crippen LogP contribution is 2.33. The molecule has 2 aromatic carbocycles. The van der Waals surface area contributed by atoms with Gasteiger partial charge in [0.2, 0.25) is 0 Å². The van der Waals surface area contributed by atoms with Crippen LogP contribution in [-0.4, -0.2) is 34.1 Å². The molecule has 1 fully saturated rings. The lowest BCUT2D eigenvalue weighted by Gasteiger charge is -2.34. The molecular weight excluding hydrogens is 450 g/mol. The van der Waals surface area contributed by atoms with Gasteiger partial charge in [-0.25, -0.2) is 14.8 Å². The highest BCUT2D eigenvalue weighted by Gasteiger charge is 2.25. The van der Waals surface area contributed by atoms with Crippen LogP contribution in [0, 0.1) is 11.3 Å². The quantitative estimate of drug-likeness (QED) is 0.336. The third-order valence-corrected chi connectivity index (χ3v) is 6.80. The first kappa shape index (κ1) is 23.4. The zero-order chi connectivity index (χ0) is 25.1. The third kappa shape index (κ3) is 4.73. The molecule has 36 heavy (non-hydrogen) atoms. The van der Waals surface area contributed by atoms with Gasteiger partial charge >= 0.3 is 6.03 Å². The molecule has 0 spiro atoms. The Morgan fingerprint density at radius 1 is 1.14 bits per heavy atom. The first-order valence-corrected chi connectivity index (χ1v) is 12.2. The summed E-state index contributed by atoms with van der Waals surface area (Å²) in [4.78, 5) is 27.2. The predicted octanol–water partition coefficient (Wildman–Crippen LogP) is 5.79. The maximum absolute atomic E-state index is 12.8. The number of amides is 2. The lowest BCUT2D eigenvalue weighted by atomic mass is 9.85. The van der Waals surface area contributed by atoms with E-state index in [2.05, 4.69) is 42.6 Å². The number of nitrogens with one attached hydrogen (secondary N) is 3. The topological polar surface area (TPSA) is 110 Å². The molecule has 5 rings (SSSR count). The number of carbonyl (C=O) groups excluding carboxylic acids is 1. The van der Waals surface area contributed by atoms with Gasteiger partial charge < -0.3 is 20.5 Å². The molecule has 0 aliphatic carbocycles. The van der Waals surface area contributed by atoms with Crippen molar-refractivity contribution in [1.29, 1.82) is 5.26 Å². The number of urea groups is 1. The minimum absolute atomic E-state index is 0.324. The van der Waals surface area contributed by atoms with Crippen molar-refractivity contribution >= 4 is 34.3 Å². The van der Waals surface area contributed by atoms with E-state index in [0.717, 1.165) is 54.0 Å². The number of hydrogen-bond acceptors (Lipinski definition) is 5. The van der Waals surface area contributed by atoms with Crippen molar-refractivity contribution in [3.8, 4) is 6.07 Å². The summed E-state index contributed by atoms with van der Waals surface area (Å²) in [6.45, 7) is 5.48. The summed E-state index contributed by atoms with van der Waals surface area (Å²) >= 11 is 0. The average molecular weight is 480 g/mol. The van der Waals surface area contributed by atoms with E-state index in [0.29, 0.717) is 11.6 Å². The van der Waals surface area contributed by atoms with Crippen LogP contribution in [0.15, 0.2) is 67.1 Å². The Bertz CT molecular complexity index is 1440. The van der Waals surface area contributed by atoms with Crippen molar-refractivity contribution in [3.05, 3.63) is 78.2 Å². The third-order valence-electron chi connectivity index (χ3n) is 6.80. The van der Waals surface area contributed by atoms with Gasteiger partial charge in [-0.2, -0.15) is 5.26 Å². The van der Waals surface area contributed by atoms with Crippen LogP contribution in [0.25, 0.3) is 11.0 Å². The number of nitrogens with zero attached hydrogens (tertiary/aromatic N) is 4. The van der Waals surface area contributed by atoms with E-state index in [-0.39, 0.29) is 6.03 Å². The van der Waals surface area contributed by atoms with Gasteiger partial charge in [0.1, 0.15) is 17.8 Å². The van der Waals surface area contributed by atoms with Crippen molar-refractivity contribution in [2.75, 3.05) is 28.6 Å². The van der Waals surface area contributed by atoms with Crippen LogP contribution in [0.2, 0.25) is 0 Å². The van der Waals surface area contributed by atoms with Crippen LogP contribution in [0.1, 0.15) is 43.7 Å². The van der Waals surface area contributed by atoms with E-state index in [1.807, 2.05) is 68.6 Å². The molecule has 1 unspecified atom stereocenters. The number of piperidine rings is 1. The monoisotopic (exact) mass is 479 g/mol. The summed E-state index contributed by atoms with van der Waals surface area (Å²) in [5, 5.41) is 16.4. The molecule has 2 aromatic heterocycles. The Hall–Kier alpha value is -4.38. The number of nitriles is 1. The zero-order valence-electron chi connectivity index (χ0n) is 20.5. The van der Waals surface area contributed by atoms with Crippen LogP contribution >= 0.6 is 0 Å². The summed E-state index contributed by atoms with van der Waals surface area (Å²) in [6.07, 6.45) is 5.63. The van der Waals surface area contributed by atoms with E-state index in [9.17, 15) is 10.1 Å². The van der Waals surface area contributed by atoms with Gasteiger partial charge in [0.05, 0.1) is 16.9 Å². The summed E-state index contributed by atoms with van der Waals surface area (Å²) < 4.78 is 0. The van der Waals surface area contributed by atoms with Gasteiger partial charge in [-0.3, -0.25) is 0 Å². The molecule has 1 atom stereocenters. The van der Waals surface area contributed by atoms with E-state index < -0.39 is 5.41 Å². The van der Waals surface area contributed by atoms with Gasteiger partial charge in [-0.15, -0.1) is 0 Å². The van der Waals surface area contributed by atoms with Gasteiger partial charge in [-0.05, 0) is 62.1 Å². The summed E-state index contributed by atoms with van der Waals surface area (Å²) in [5.74, 6) is 1.28. The minimum Gasteiger partial charge on any atom is -0.355 e. The first-order valence-electron chi connectivity index (χ1n) is 12.2. The van der Waals surface area contributed by atoms with Crippen molar-refractivity contribution < 1.29 is 4.79 Å². The maximum Gasteiger partial charge on any atom is 0.323 e. The molecule has 4 aromatic rings. The fraction of sp³-hybridized carbons (Fsp3) is 0.286. The molecule has 8 heteroatoms.